The summed E-state index contributed by atoms with van der Waals surface area (Å²) < 4.78 is 0. The van der Waals surface area contributed by atoms with Gasteiger partial charge in [-0.1, -0.05) is 6.92 Å². The van der Waals surface area contributed by atoms with Gasteiger partial charge in [0.15, 0.2) is 5.13 Å². The second-order valence-electron chi connectivity index (χ2n) is 2.36. The average molecular weight is 230 g/mol. The predicted octanol–water partition coefficient (Wildman–Crippen LogP) is 1.90. The lowest BCUT2D eigenvalue weighted by Gasteiger charge is -1.96. The molecular weight excluding hydrogens is 220 g/mol. The van der Waals surface area contributed by atoms with E-state index in [1.807, 2.05) is 6.92 Å². The van der Waals surface area contributed by atoms with Gasteiger partial charge in [0.2, 0.25) is 0 Å². The van der Waals surface area contributed by atoms with Crippen molar-refractivity contribution >= 4 is 39.8 Å². The first-order valence-electron chi connectivity index (χ1n) is 3.91. The second kappa shape index (κ2) is 5.02. The summed E-state index contributed by atoms with van der Waals surface area (Å²) in [6.45, 7) is 1.95. The van der Waals surface area contributed by atoms with E-state index in [1.165, 1.54) is 23.1 Å². The Balaban J connectivity index is 2.94. The SMILES string of the molecule is CCSC=C(C(=O)O)c1csc(N)n1. The van der Waals surface area contributed by atoms with Crippen LogP contribution >= 0.6 is 23.1 Å². The van der Waals surface area contributed by atoms with Gasteiger partial charge in [-0.2, -0.15) is 0 Å². The van der Waals surface area contributed by atoms with Gasteiger partial charge < -0.3 is 10.8 Å². The first kappa shape index (κ1) is 11.1. The quantitative estimate of drug-likeness (QED) is 0.773. The summed E-state index contributed by atoms with van der Waals surface area (Å²) in [4.78, 5) is 14.8. The van der Waals surface area contributed by atoms with Crippen molar-refractivity contribution in [2.24, 2.45) is 0 Å². The van der Waals surface area contributed by atoms with E-state index in [2.05, 4.69) is 4.98 Å². The third kappa shape index (κ3) is 2.74. The maximum atomic E-state index is 10.9. The van der Waals surface area contributed by atoms with Gasteiger partial charge >= 0.3 is 5.97 Å². The van der Waals surface area contributed by atoms with E-state index < -0.39 is 5.97 Å². The van der Waals surface area contributed by atoms with Crippen LogP contribution in [-0.4, -0.2) is 21.8 Å². The molecule has 76 valence electrons. The molecular formula is C8H10N2O2S2. The Morgan fingerprint density at radius 1 is 1.86 bits per heavy atom. The third-order valence-corrected chi connectivity index (χ3v) is 2.81. The Morgan fingerprint density at radius 2 is 2.57 bits per heavy atom. The molecule has 0 saturated carbocycles. The normalized spacial score (nSPS) is 11.6. The molecule has 4 nitrogen and oxygen atoms in total. The van der Waals surface area contributed by atoms with Crippen molar-refractivity contribution in [3.05, 3.63) is 16.5 Å². The maximum Gasteiger partial charge on any atom is 0.338 e. The molecule has 3 N–H and O–H groups in total. The number of nitrogens with zero attached hydrogens (tertiary/aromatic N) is 1. The van der Waals surface area contributed by atoms with Crippen LogP contribution in [-0.2, 0) is 4.79 Å². The molecule has 0 unspecified atom stereocenters. The Labute approximate surface area is 89.8 Å². The molecule has 0 spiro atoms. The van der Waals surface area contributed by atoms with Crippen molar-refractivity contribution in [3.8, 4) is 0 Å². The highest BCUT2D eigenvalue weighted by Gasteiger charge is 2.12. The number of anilines is 1. The zero-order valence-electron chi connectivity index (χ0n) is 7.56. The van der Waals surface area contributed by atoms with E-state index >= 15 is 0 Å². The number of aromatic nitrogens is 1. The van der Waals surface area contributed by atoms with E-state index in [-0.39, 0.29) is 5.57 Å². The van der Waals surface area contributed by atoms with Gasteiger partial charge in [-0.25, -0.2) is 9.78 Å². The molecule has 0 atom stereocenters. The van der Waals surface area contributed by atoms with Crippen LogP contribution in [0, 0.1) is 0 Å². The van der Waals surface area contributed by atoms with Gasteiger partial charge in [-0.05, 0) is 11.2 Å². The van der Waals surface area contributed by atoms with Gasteiger partial charge in [-0.3, -0.25) is 0 Å². The predicted molar refractivity (Wildman–Crippen MR) is 60.3 cm³/mol. The highest BCUT2D eigenvalue weighted by atomic mass is 32.2. The zero-order chi connectivity index (χ0) is 10.6. The van der Waals surface area contributed by atoms with E-state index in [4.69, 9.17) is 10.8 Å². The van der Waals surface area contributed by atoms with Crippen LogP contribution in [0.2, 0.25) is 0 Å². The highest BCUT2D eigenvalue weighted by molar-refractivity contribution is 8.02. The lowest BCUT2D eigenvalue weighted by molar-refractivity contribution is -0.130. The van der Waals surface area contributed by atoms with Crippen LogP contribution in [0.5, 0.6) is 0 Å². The maximum absolute atomic E-state index is 10.9. The summed E-state index contributed by atoms with van der Waals surface area (Å²) in [7, 11) is 0. The number of carboxylic acid groups (broad SMARTS) is 1. The number of thiazole rings is 1. The smallest absolute Gasteiger partial charge is 0.338 e. The molecule has 0 aliphatic rings. The van der Waals surface area contributed by atoms with Crippen molar-refractivity contribution in [1.82, 2.24) is 4.98 Å². The van der Waals surface area contributed by atoms with E-state index in [9.17, 15) is 4.79 Å². The van der Waals surface area contributed by atoms with Crippen molar-refractivity contribution in [2.75, 3.05) is 11.5 Å². The number of thioether (sulfide) groups is 1. The molecule has 0 aliphatic heterocycles. The number of hydrogen-bond acceptors (Lipinski definition) is 5. The molecule has 0 radical (unpaired) electrons. The lowest BCUT2D eigenvalue weighted by atomic mass is 10.2. The molecule has 1 heterocycles. The molecule has 1 aromatic heterocycles. The molecule has 6 heteroatoms. The van der Waals surface area contributed by atoms with E-state index in [1.54, 1.807) is 10.8 Å². The first-order chi connectivity index (χ1) is 6.65. The average Bonchev–Trinajstić information content (AvgIpc) is 2.52. The van der Waals surface area contributed by atoms with Crippen molar-refractivity contribution in [2.45, 2.75) is 6.92 Å². The topological polar surface area (TPSA) is 76.2 Å². The molecule has 0 aromatic carbocycles. The second-order valence-corrected chi connectivity index (χ2v) is 4.40. The summed E-state index contributed by atoms with van der Waals surface area (Å²) in [5.41, 5.74) is 6.06. The molecule has 1 rings (SSSR count). The van der Waals surface area contributed by atoms with Crippen LogP contribution < -0.4 is 5.73 Å². The van der Waals surface area contributed by atoms with Crippen molar-refractivity contribution in [3.63, 3.8) is 0 Å². The highest BCUT2D eigenvalue weighted by Crippen LogP contribution is 2.22. The molecule has 0 aliphatic carbocycles. The summed E-state index contributed by atoms with van der Waals surface area (Å²) in [6, 6.07) is 0. The summed E-state index contributed by atoms with van der Waals surface area (Å²) >= 11 is 2.67. The largest absolute Gasteiger partial charge is 0.478 e. The monoisotopic (exact) mass is 230 g/mol. The fourth-order valence-corrected chi connectivity index (χ4v) is 1.92. The molecule has 1 aromatic rings. The number of carboxylic acids is 1. The number of aliphatic carboxylic acids is 1. The Hall–Kier alpha value is -1.01. The van der Waals surface area contributed by atoms with Gasteiger partial charge in [0.1, 0.15) is 0 Å². The van der Waals surface area contributed by atoms with Crippen LogP contribution in [0.4, 0.5) is 5.13 Å². The summed E-state index contributed by atoms with van der Waals surface area (Å²) in [6.07, 6.45) is 0. The van der Waals surface area contributed by atoms with Crippen LogP contribution in [0.15, 0.2) is 10.8 Å². The summed E-state index contributed by atoms with van der Waals surface area (Å²) in [5, 5.41) is 12.5. The number of nitrogen functional groups attached to an aromatic ring is 1. The molecule has 0 amide bonds. The van der Waals surface area contributed by atoms with Crippen LogP contribution in [0.25, 0.3) is 5.57 Å². The van der Waals surface area contributed by atoms with Gasteiger partial charge in [0.05, 0.1) is 11.3 Å². The lowest BCUT2D eigenvalue weighted by Crippen LogP contribution is -1.99. The minimum absolute atomic E-state index is 0.199. The van der Waals surface area contributed by atoms with Gasteiger partial charge in [0, 0.05) is 5.38 Å². The summed E-state index contributed by atoms with van der Waals surface area (Å²) in [5.74, 6) is -0.146. The molecule has 0 saturated heterocycles. The number of carbonyl (C=O) groups is 1. The Morgan fingerprint density at radius 3 is 3.00 bits per heavy atom. The van der Waals surface area contributed by atoms with E-state index in [0.29, 0.717) is 10.8 Å². The standard InChI is InChI=1S/C8H10N2O2S2/c1-2-13-3-5(7(11)12)6-4-14-8(9)10-6/h3-4H,2H2,1H3,(H2,9,10)(H,11,12). The van der Waals surface area contributed by atoms with Gasteiger partial charge in [0.25, 0.3) is 0 Å². The minimum Gasteiger partial charge on any atom is -0.478 e. The fourth-order valence-electron chi connectivity index (χ4n) is 0.798. The number of hydrogen-bond donors (Lipinski definition) is 2. The fraction of sp³-hybridized carbons (Fsp3) is 0.250. The van der Waals surface area contributed by atoms with Gasteiger partial charge in [-0.15, -0.1) is 23.1 Å². The number of rotatable bonds is 4. The van der Waals surface area contributed by atoms with Crippen molar-refractivity contribution < 1.29 is 9.90 Å². The molecule has 0 fully saturated rings. The van der Waals surface area contributed by atoms with E-state index in [0.717, 1.165) is 5.75 Å². The molecule has 14 heavy (non-hydrogen) atoms. The first-order valence-corrected chi connectivity index (χ1v) is 5.84. The van der Waals surface area contributed by atoms with Crippen molar-refractivity contribution in [1.29, 1.82) is 0 Å². The van der Waals surface area contributed by atoms with Crippen LogP contribution in [0.1, 0.15) is 12.6 Å². The Kier molecular flexibility index (Phi) is 3.97. The third-order valence-electron chi connectivity index (χ3n) is 1.40. The zero-order valence-corrected chi connectivity index (χ0v) is 9.19. The Bertz CT molecular complexity index is 360. The van der Waals surface area contributed by atoms with Crippen LogP contribution in [0.3, 0.4) is 0 Å². The molecule has 0 bridgehead atoms. The minimum atomic E-state index is -0.976. The number of nitrogens with two attached hydrogens (primary N) is 1.